The van der Waals surface area contributed by atoms with Gasteiger partial charge in [0.2, 0.25) is 0 Å². The van der Waals surface area contributed by atoms with E-state index in [9.17, 15) is 9.18 Å². The molecule has 19 heavy (non-hydrogen) atoms. The van der Waals surface area contributed by atoms with Crippen LogP contribution in [0.25, 0.3) is 0 Å². The summed E-state index contributed by atoms with van der Waals surface area (Å²) in [6.45, 7) is 5.74. The first-order valence-corrected chi connectivity index (χ1v) is 6.84. The van der Waals surface area contributed by atoms with Gasteiger partial charge in [0, 0.05) is 28.9 Å². The normalized spacial score (nSPS) is 22.8. The first-order valence-electron chi connectivity index (χ1n) is 6.84. The first kappa shape index (κ1) is 13.8. The zero-order valence-electron chi connectivity index (χ0n) is 11.7. The van der Waals surface area contributed by atoms with Gasteiger partial charge in [0.15, 0.2) is 0 Å². The van der Waals surface area contributed by atoms with Crippen LogP contribution in [0.3, 0.4) is 0 Å². The van der Waals surface area contributed by atoms with Gasteiger partial charge in [-0.25, -0.2) is 4.39 Å². The minimum Gasteiger partial charge on any atom is -0.398 e. The molecule has 0 aromatic heterocycles. The SMILES string of the molecule is CCC1CCC(C)N1C(=O)c1cc(N)c(C)c(F)c1. The lowest BCUT2D eigenvalue weighted by atomic mass is 10.1. The predicted octanol–water partition coefficient (Wildman–Crippen LogP) is 3.12. The van der Waals surface area contributed by atoms with Crippen LogP contribution in [0.5, 0.6) is 0 Å². The molecule has 0 spiro atoms. The molecule has 0 saturated carbocycles. The van der Waals surface area contributed by atoms with Gasteiger partial charge >= 0.3 is 0 Å². The van der Waals surface area contributed by atoms with E-state index in [1.165, 1.54) is 6.07 Å². The van der Waals surface area contributed by atoms with Gasteiger partial charge in [0.05, 0.1) is 0 Å². The van der Waals surface area contributed by atoms with Crippen molar-refractivity contribution in [3.63, 3.8) is 0 Å². The lowest BCUT2D eigenvalue weighted by Gasteiger charge is -2.28. The number of halogens is 1. The fraction of sp³-hybridized carbons (Fsp3) is 0.533. The standard InChI is InChI=1S/C15H21FN2O/c1-4-12-6-5-9(2)18(12)15(19)11-7-13(16)10(3)14(17)8-11/h7-9,12H,4-6,17H2,1-3H3. The van der Waals surface area contributed by atoms with E-state index in [1.807, 2.05) is 11.8 Å². The third kappa shape index (κ3) is 2.44. The van der Waals surface area contributed by atoms with Crippen LogP contribution in [0.15, 0.2) is 12.1 Å². The average molecular weight is 264 g/mol. The summed E-state index contributed by atoms with van der Waals surface area (Å²) in [5.74, 6) is -0.523. The number of nitrogens with zero attached hydrogens (tertiary/aromatic N) is 1. The third-order valence-electron chi connectivity index (χ3n) is 4.12. The fourth-order valence-electron chi connectivity index (χ4n) is 2.81. The molecule has 1 fully saturated rings. The Morgan fingerprint density at radius 3 is 2.74 bits per heavy atom. The highest BCUT2D eigenvalue weighted by Crippen LogP contribution is 2.29. The molecule has 1 aromatic rings. The van der Waals surface area contributed by atoms with E-state index in [1.54, 1.807) is 13.0 Å². The molecule has 0 aliphatic carbocycles. The molecule has 0 radical (unpaired) electrons. The Labute approximate surface area is 113 Å². The number of carbonyl (C=O) groups is 1. The van der Waals surface area contributed by atoms with Gasteiger partial charge in [-0.15, -0.1) is 0 Å². The maximum absolute atomic E-state index is 13.7. The average Bonchev–Trinajstić information content (AvgIpc) is 2.75. The van der Waals surface area contributed by atoms with Crippen molar-refractivity contribution < 1.29 is 9.18 Å². The number of nitrogens with two attached hydrogens (primary N) is 1. The van der Waals surface area contributed by atoms with Crippen molar-refractivity contribution in [3.8, 4) is 0 Å². The van der Waals surface area contributed by atoms with Crippen molar-refractivity contribution in [2.75, 3.05) is 5.73 Å². The first-order chi connectivity index (χ1) is 8.95. The summed E-state index contributed by atoms with van der Waals surface area (Å²) >= 11 is 0. The van der Waals surface area contributed by atoms with Gasteiger partial charge in [-0.3, -0.25) is 4.79 Å². The lowest BCUT2D eigenvalue weighted by Crippen LogP contribution is -2.39. The fourth-order valence-corrected chi connectivity index (χ4v) is 2.81. The summed E-state index contributed by atoms with van der Waals surface area (Å²) in [7, 11) is 0. The minimum absolute atomic E-state index is 0.109. The summed E-state index contributed by atoms with van der Waals surface area (Å²) in [4.78, 5) is 14.4. The number of hydrogen-bond donors (Lipinski definition) is 1. The molecule has 2 atom stereocenters. The lowest BCUT2D eigenvalue weighted by molar-refractivity contribution is 0.0676. The second-order valence-corrected chi connectivity index (χ2v) is 5.37. The van der Waals surface area contributed by atoms with Crippen LogP contribution >= 0.6 is 0 Å². The van der Waals surface area contributed by atoms with Gasteiger partial charge in [-0.1, -0.05) is 6.92 Å². The number of hydrogen-bond acceptors (Lipinski definition) is 2. The predicted molar refractivity (Wildman–Crippen MR) is 74.5 cm³/mol. The molecule has 2 N–H and O–H groups in total. The molecule has 4 heteroatoms. The van der Waals surface area contributed by atoms with Crippen molar-refractivity contribution >= 4 is 11.6 Å². The number of likely N-dealkylation sites (tertiary alicyclic amines) is 1. The van der Waals surface area contributed by atoms with Crippen LogP contribution in [0.2, 0.25) is 0 Å². The Morgan fingerprint density at radius 1 is 1.47 bits per heavy atom. The topological polar surface area (TPSA) is 46.3 Å². The highest BCUT2D eigenvalue weighted by Gasteiger charge is 2.33. The number of anilines is 1. The molecule has 1 aliphatic rings. The van der Waals surface area contributed by atoms with Crippen LogP contribution in [0, 0.1) is 12.7 Å². The van der Waals surface area contributed by atoms with Crippen LogP contribution in [0.4, 0.5) is 10.1 Å². The largest absolute Gasteiger partial charge is 0.398 e. The van der Waals surface area contributed by atoms with Crippen LogP contribution < -0.4 is 5.73 Å². The Kier molecular flexibility index (Phi) is 3.78. The molecule has 3 nitrogen and oxygen atoms in total. The number of amides is 1. The Balaban J connectivity index is 2.34. The van der Waals surface area contributed by atoms with Crippen LogP contribution in [-0.4, -0.2) is 22.9 Å². The highest BCUT2D eigenvalue weighted by molar-refractivity contribution is 5.96. The van der Waals surface area contributed by atoms with Crippen molar-refractivity contribution in [3.05, 3.63) is 29.1 Å². The molecular weight excluding hydrogens is 243 g/mol. The van der Waals surface area contributed by atoms with Gasteiger partial charge in [0.25, 0.3) is 5.91 Å². The zero-order chi connectivity index (χ0) is 14.2. The second kappa shape index (κ2) is 5.19. The molecule has 104 valence electrons. The van der Waals surface area contributed by atoms with E-state index in [0.29, 0.717) is 16.8 Å². The van der Waals surface area contributed by atoms with Crippen LogP contribution in [0.1, 0.15) is 49.0 Å². The summed E-state index contributed by atoms with van der Waals surface area (Å²) in [5.41, 5.74) is 6.84. The van der Waals surface area contributed by atoms with E-state index < -0.39 is 5.82 Å². The summed E-state index contributed by atoms with van der Waals surface area (Å²) in [6, 6.07) is 3.35. The molecule has 2 unspecified atom stereocenters. The quantitative estimate of drug-likeness (QED) is 0.834. The van der Waals surface area contributed by atoms with E-state index in [2.05, 4.69) is 6.92 Å². The molecule has 1 heterocycles. The van der Waals surface area contributed by atoms with Crippen molar-refractivity contribution in [2.45, 2.75) is 52.1 Å². The molecule has 1 aromatic carbocycles. The monoisotopic (exact) mass is 264 g/mol. The maximum Gasteiger partial charge on any atom is 0.254 e. The molecule has 1 aliphatic heterocycles. The molecule has 1 saturated heterocycles. The molecule has 0 bridgehead atoms. The number of carbonyl (C=O) groups excluding carboxylic acids is 1. The van der Waals surface area contributed by atoms with Crippen molar-refractivity contribution in [1.82, 2.24) is 4.90 Å². The molecule has 2 rings (SSSR count). The highest BCUT2D eigenvalue weighted by atomic mass is 19.1. The van der Waals surface area contributed by atoms with Gasteiger partial charge in [0.1, 0.15) is 5.82 Å². The number of rotatable bonds is 2. The molecule has 1 amide bonds. The van der Waals surface area contributed by atoms with Gasteiger partial charge in [-0.2, -0.15) is 0 Å². The Hall–Kier alpha value is -1.58. The Bertz CT molecular complexity index is 478. The van der Waals surface area contributed by atoms with Gasteiger partial charge < -0.3 is 10.6 Å². The Morgan fingerprint density at radius 2 is 2.16 bits per heavy atom. The van der Waals surface area contributed by atoms with Gasteiger partial charge in [-0.05, 0) is 45.2 Å². The van der Waals surface area contributed by atoms with Crippen molar-refractivity contribution in [1.29, 1.82) is 0 Å². The van der Waals surface area contributed by atoms with E-state index in [4.69, 9.17) is 5.73 Å². The summed E-state index contributed by atoms with van der Waals surface area (Å²) in [5, 5.41) is 0. The smallest absolute Gasteiger partial charge is 0.254 e. The van der Waals surface area contributed by atoms with E-state index in [-0.39, 0.29) is 18.0 Å². The zero-order valence-corrected chi connectivity index (χ0v) is 11.7. The number of benzene rings is 1. The van der Waals surface area contributed by atoms with Crippen LogP contribution in [-0.2, 0) is 0 Å². The summed E-state index contributed by atoms with van der Waals surface area (Å²) < 4.78 is 13.7. The summed E-state index contributed by atoms with van der Waals surface area (Å²) in [6.07, 6.45) is 2.96. The van der Waals surface area contributed by atoms with E-state index in [0.717, 1.165) is 19.3 Å². The van der Waals surface area contributed by atoms with Crippen molar-refractivity contribution in [2.24, 2.45) is 0 Å². The van der Waals surface area contributed by atoms with E-state index >= 15 is 0 Å². The maximum atomic E-state index is 13.7. The third-order valence-corrected chi connectivity index (χ3v) is 4.12. The second-order valence-electron chi connectivity index (χ2n) is 5.37. The number of nitrogen functional groups attached to an aromatic ring is 1. The molecular formula is C15H21FN2O. The minimum atomic E-state index is -0.414.